The Morgan fingerprint density at radius 3 is 2.47 bits per heavy atom. The van der Waals surface area contributed by atoms with E-state index in [1.54, 1.807) is 14.2 Å². The van der Waals surface area contributed by atoms with Gasteiger partial charge in [-0.2, -0.15) is 0 Å². The van der Waals surface area contributed by atoms with Gasteiger partial charge >= 0.3 is 0 Å². The van der Waals surface area contributed by atoms with Crippen LogP contribution in [0.15, 0.2) is 36.4 Å². The summed E-state index contributed by atoms with van der Waals surface area (Å²) in [6.45, 7) is 0.408. The molecule has 0 aromatic heterocycles. The summed E-state index contributed by atoms with van der Waals surface area (Å²) in [7, 11) is 3.27. The summed E-state index contributed by atoms with van der Waals surface area (Å²) < 4.78 is 10.6. The van der Waals surface area contributed by atoms with Crippen molar-refractivity contribution >= 4 is 11.6 Å². The molecule has 100 valence electrons. The molecule has 2 N–H and O–H groups in total. The summed E-state index contributed by atoms with van der Waals surface area (Å²) >= 11 is 6.07. The molecule has 2 aromatic carbocycles. The summed E-state index contributed by atoms with van der Waals surface area (Å²) in [4.78, 5) is 0. The van der Waals surface area contributed by atoms with Crippen LogP contribution in [-0.4, -0.2) is 14.2 Å². The molecule has 0 aliphatic heterocycles. The largest absolute Gasteiger partial charge is 0.497 e. The van der Waals surface area contributed by atoms with Crippen molar-refractivity contribution in [2.24, 2.45) is 5.73 Å². The standard InChI is InChI=1S/C15H16ClNO2/c1-18-12-4-5-13(15(8-12)19-2)10-3-6-14(16)11(7-10)9-17/h3-8H,9,17H2,1-2H3. The van der Waals surface area contributed by atoms with Crippen LogP contribution in [0.25, 0.3) is 11.1 Å². The van der Waals surface area contributed by atoms with E-state index in [2.05, 4.69) is 0 Å². The van der Waals surface area contributed by atoms with Gasteiger partial charge in [-0.1, -0.05) is 17.7 Å². The number of hydrogen-bond acceptors (Lipinski definition) is 3. The fourth-order valence-electron chi connectivity index (χ4n) is 1.94. The van der Waals surface area contributed by atoms with E-state index in [0.717, 1.165) is 28.2 Å². The Labute approximate surface area is 117 Å². The lowest BCUT2D eigenvalue weighted by atomic mass is 10.0. The highest BCUT2D eigenvalue weighted by Crippen LogP contribution is 2.34. The van der Waals surface area contributed by atoms with Crippen LogP contribution in [0.4, 0.5) is 0 Å². The highest BCUT2D eigenvalue weighted by atomic mass is 35.5. The molecule has 0 amide bonds. The van der Waals surface area contributed by atoms with Crippen LogP contribution in [0.2, 0.25) is 5.02 Å². The van der Waals surface area contributed by atoms with Gasteiger partial charge in [-0.25, -0.2) is 0 Å². The predicted molar refractivity (Wildman–Crippen MR) is 77.9 cm³/mol. The molecule has 0 aliphatic rings. The number of ether oxygens (including phenoxy) is 2. The van der Waals surface area contributed by atoms with Crippen LogP contribution in [0.5, 0.6) is 11.5 Å². The minimum Gasteiger partial charge on any atom is -0.497 e. The Morgan fingerprint density at radius 2 is 1.84 bits per heavy atom. The molecule has 0 saturated carbocycles. The zero-order chi connectivity index (χ0) is 13.8. The molecule has 0 fully saturated rings. The predicted octanol–water partition coefficient (Wildman–Crippen LogP) is 3.48. The molecule has 19 heavy (non-hydrogen) atoms. The number of benzene rings is 2. The first kappa shape index (κ1) is 13.7. The fraction of sp³-hybridized carbons (Fsp3) is 0.200. The van der Waals surface area contributed by atoms with E-state index in [0.29, 0.717) is 11.6 Å². The second kappa shape index (κ2) is 5.95. The molecule has 3 nitrogen and oxygen atoms in total. The maximum Gasteiger partial charge on any atom is 0.130 e. The van der Waals surface area contributed by atoms with Crippen molar-refractivity contribution in [3.05, 3.63) is 47.0 Å². The lowest BCUT2D eigenvalue weighted by Crippen LogP contribution is -1.98. The van der Waals surface area contributed by atoms with Gasteiger partial charge in [0.15, 0.2) is 0 Å². The summed E-state index contributed by atoms with van der Waals surface area (Å²) in [5.41, 5.74) is 8.59. The maximum atomic E-state index is 6.07. The van der Waals surface area contributed by atoms with Crippen molar-refractivity contribution in [1.82, 2.24) is 0 Å². The molecule has 0 saturated heterocycles. The first-order chi connectivity index (χ1) is 9.19. The lowest BCUT2D eigenvalue weighted by molar-refractivity contribution is 0.395. The molecule has 0 heterocycles. The van der Waals surface area contributed by atoms with Crippen LogP contribution < -0.4 is 15.2 Å². The smallest absolute Gasteiger partial charge is 0.130 e. The molecule has 0 aliphatic carbocycles. The van der Waals surface area contributed by atoms with Gasteiger partial charge in [-0.15, -0.1) is 0 Å². The summed E-state index contributed by atoms with van der Waals surface area (Å²) in [6.07, 6.45) is 0. The van der Waals surface area contributed by atoms with E-state index in [-0.39, 0.29) is 0 Å². The molecular weight excluding hydrogens is 262 g/mol. The van der Waals surface area contributed by atoms with E-state index in [4.69, 9.17) is 26.8 Å². The normalized spacial score (nSPS) is 10.3. The summed E-state index contributed by atoms with van der Waals surface area (Å²) in [5.74, 6) is 1.51. The molecule has 2 aromatic rings. The molecule has 0 bridgehead atoms. The van der Waals surface area contributed by atoms with Crippen LogP contribution in [-0.2, 0) is 6.54 Å². The Bertz CT molecular complexity index is 584. The van der Waals surface area contributed by atoms with E-state index < -0.39 is 0 Å². The number of nitrogens with two attached hydrogens (primary N) is 1. The van der Waals surface area contributed by atoms with Gasteiger partial charge in [0.2, 0.25) is 0 Å². The third-order valence-electron chi connectivity index (χ3n) is 2.99. The van der Waals surface area contributed by atoms with Gasteiger partial charge in [-0.3, -0.25) is 0 Å². The van der Waals surface area contributed by atoms with Gasteiger partial charge in [0.05, 0.1) is 14.2 Å². The number of rotatable bonds is 4. The highest BCUT2D eigenvalue weighted by Gasteiger charge is 2.09. The van der Waals surface area contributed by atoms with Crippen molar-refractivity contribution in [3.8, 4) is 22.6 Å². The molecule has 0 spiro atoms. The molecule has 0 radical (unpaired) electrons. The number of hydrogen-bond donors (Lipinski definition) is 1. The van der Waals surface area contributed by atoms with Gasteiger partial charge in [0, 0.05) is 23.2 Å². The van der Waals surface area contributed by atoms with Crippen LogP contribution in [0.3, 0.4) is 0 Å². The van der Waals surface area contributed by atoms with E-state index >= 15 is 0 Å². The minimum absolute atomic E-state index is 0.408. The average molecular weight is 278 g/mol. The van der Waals surface area contributed by atoms with Crippen LogP contribution in [0, 0.1) is 0 Å². The highest BCUT2D eigenvalue weighted by molar-refractivity contribution is 6.31. The van der Waals surface area contributed by atoms with Gasteiger partial charge in [-0.05, 0) is 35.4 Å². The Morgan fingerprint density at radius 1 is 1.05 bits per heavy atom. The van der Waals surface area contributed by atoms with Crippen molar-refractivity contribution in [3.63, 3.8) is 0 Å². The third-order valence-corrected chi connectivity index (χ3v) is 3.35. The first-order valence-electron chi connectivity index (χ1n) is 5.90. The molecule has 2 rings (SSSR count). The minimum atomic E-state index is 0.408. The van der Waals surface area contributed by atoms with E-state index in [1.807, 2.05) is 36.4 Å². The second-order valence-corrected chi connectivity index (χ2v) is 4.48. The number of methoxy groups -OCH3 is 2. The zero-order valence-corrected chi connectivity index (χ0v) is 11.7. The van der Waals surface area contributed by atoms with Crippen molar-refractivity contribution in [1.29, 1.82) is 0 Å². The number of halogens is 1. The third kappa shape index (κ3) is 2.83. The van der Waals surface area contributed by atoms with Gasteiger partial charge < -0.3 is 15.2 Å². The Balaban J connectivity index is 2.52. The molecule has 4 heteroatoms. The fourth-order valence-corrected chi connectivity index (χ4v) is 2.13. The van der Waals surface area contributed by atoms with E-state index in [9.17, 15) is 0 Å². The van der Waals surface area contributed by atoms with Crippen LogP contribution in [0.1, 0.15) is 5.56 Å². The summed E-state index contributed by atoms with van der Waals surface area (Å²) in [6, 6.07) is 11.5. The zero-order valence-electron chi connectivity index (χ0n) is 10.9. The Hall–Kier alpha value is -1.71. The van der Waals surface area contributed by atoms with Crippen molar-refractivity contribution < 1.29 is 9.47 Å². The topological polar surface area (TPSA) is 44.5 Å². The Kier molecular flexibility index (Phi) is 4.30. The second-order valence-electron chi connectivity index (χ2n) is 4.08. The van der Waals surface area contributed by atoms with Crippen molar-refractivity contribution in [2.75, 3.05) is 14.2 Å². The average Bonchev–Trinajstić information content (AvgIpc) is 2.47. The maximum absolute atomic E-state index is 6.07. The molecule has 0 atom stereocenters. The SMILES string of the molecule is COc1ccc(-c2ccc(Cl)c(CN)c2)c(OC)c1. The van der Waals surface area contributed by atoms with E-state index in [1.165, 1.54) is 0 Å². The lowest BCUT2D eigenvalue weighted by Gasteiger charge is -2.12. The van der Waals surface area contributed by atoms with Crippen molar-refractivity contribution in [2.45, 2.75) is 6.54 Å². The quantitative estimate of drug-likeness (QED) is 0.930. The summed E-state index contributed by atoms with van der Waals surface area (Å²) in [5, 5.41) is 0.679. The van der Waals surface area contributed by atoms with Gasteiger partial charge in [0.1, 0.15) is 11.5 Å². The molecule has 0 unspecified atom stereocenters. The monoisotopic (exact) mass is 277 g/mol. The van der Waals surface area contributed by atoms with Gasteiger partial charge in [0.25, 0.3) is 0 Å². The molecular formula is C15H16ClNO2. The first-order valence-corrected chi connectivity index (χ1v) is 6.28. The van der Waals surface area contributed by atoms with Crippen LogP contribution >= 0.6 is 11.6 Å².